The summed E-state index contributed by atoms with van der Waals surface area (Å²) in [7, 11) is 5.11. The molecule has 0 amide bonds. The lowest BCUT2D eigenvalue weighted by Crippen LogP contribution is -2.43. The minimum absolute atomic E-state index is 0.142. The minimum Gasteiger partial charge on any atom is -0.497 e. The lowest BCUT2D eigenvalue weighted by Gasteiger charge is -2.38. The number of likely N-dealkylation sites (tertiary alicyclic amines) is 1. The van der Waals surface area contributed by atoms with Gasteiger partial charge in [-0.3, -0.25) is 4.90 Å². The third-order valence-corrected chi connectivity index (χ3v) is 4.21. The van der Waals surface area contributed by atoms with E-state index < -0.39 is 0 Å². The van der Waals surface area contributed by atoms with E-state index in [0.29, 0.717) is 6.54 Å². The maximum Gasteiger partial charge on any atom is 0.127 e. The lowest BCUT2D eigenvalue weighted by atomic mass is 9.99. The maximum atomic E-state index is 6.05. The first-order chi connectivity index (χ1) is 10.2. The highest BCUT2D eigenvalue weighted by molar-refractivity contribution is 5.42. The molecular formula is C16H26N2O3. The van der Waals surface area contributed by atoms with Crippen molar-refractivity contribution in [2.24, 2.45) is 5.73 Å². The smallest absolute Gasteiger partial charge is 0.127 e. The molecule has 1 heterocycles. The van der Waals surface area contributed by atoms with E-state index in [2.05, 4.69) is 4.90 Å². The van der Waals surface area contributed by atoms with Crippen LogP contribution in [0.4, 0.5) is 0 Å². The molecule has 1 aromatic rings. The normalized spacial score (nSPS) is 21.0. The van der Waals surface area contributed by atoms with Crippen molar-refractivity contribution in [3.05, 3.63) is 23.8 Å². The maximum absolute atomic E-state index is 6.05. The quantitative estimate of drug-likeness (QED) is 0.867. The van der Waals surface area contributed by atoms with E-state index in [1.807, 2.05) is 18.2 Å². The third-order valence-electron chi connectivity index (χ3n) is 4.21. The Balaban J connectivity index is 2.24. The van der Waals surface area contributed by atoms with E-state index in [9.17, 15) is 0 Å². The van der Waals surface area contributed by atoms with Crippen LogP contribution in [0.3, 0.4) is 0 Å². The van der Waals surface area contributed by atoms with Crippen LogP contribution in [0.25, 0.3) is 0 Å². The second kappa shape index (κ2) is 7.64. The SMILES string of the molecule is COc1ccc(C(CN)N2CCCC(OC)C2)c(OC)c1. The van der Waals surface area contributed by atoms with Gasteiger partial charge < -0.3 is 19.9 Å². The summed E-state index contributed by atoms with van der Waals surface area (Å²) in [5, 5.41) is 0. The van der Waals surface area contributed by atoms with Gasteiger partial charge in [-0.15, -0.1) is 0 Å². The molecular weight excluding hydrogens is 268 g/mol. The van der Waals surface area contributed by atoms with Crippen molar-refractivity contribution in [1.82, 2.24) is 4.90 Å². The van der Waals surface area contributed by atoms with E-state index in [0.717, 1.165) is 43.0 Å². The number of methoxy groups -OCH3 is 3. The Kier molecular flexibility index (Phi) is 5.85. The molecule has 1 aliphatic heterocycles. The molecule has 21 heavy (non-hydrogen) atoms. The molecule has 2 rings (SSSR count). The molecule has 1 aliphatic rings. The van der Waals surface area contributed by atoms with Gasteiger partial charge >= 0.3 is 0 Å². The second-order valence-corrected chi connectivity index (χ2v) is 5.35. The zero-order valence-electron chi connectivity index (χ0n) is 13.2. The summed E-state index contributed by atoms with van der Waals surface area (Å²) in [4.78, 5) is 2.39. The highest BCUT2D eigenvalue weighted by Gasteiger charge is 2.28. The van der Waals surface area contributed by atoms with Crippen LogP contribution in [0, 0.1) is 0 Å². The Morgan fingerprint density at radius 3 is 2.71 bits per heavy atom. The summed E-state index contributed by atoms with van der Waals surface area (Å²) in [5.74, 6) is 1.61. The second-order valence-electron chi connectivity index (χ2n) is 5.35. The predicted molar refractivity (Wildman–Crippen MR) is 82.9 cm³/mol. The van der Waals surface area contributed by atoms with Gasteiger partial charge in [-0.05, 0) is 25.5 Å². The summed E-state index contributed by atoms with van der Waals surface area (Å²) >= 11 is 0. The van der Waals surface area contributed by atoms with E-state index in [1.165, 1.54) is 0 Å². The standard InChI is InChI=1S/C16H26N2O3/c1-19-12-6-7-14(16(9-12)21-3)15(10-17)18-8-4-5-13(11-18)20-2/h6-7,9,13,15H,4-5,8,10-11,17H2,1-3H3. The van der Waals surface area contributed by atoms with Gasteiger partial charge in [0.05, 0.1) is 26.4 Å². The van der Waals surface area contributed by atoms with E-state index in [-0.39, 0.29) is 12.1 Å². The fourth-order valence-corrected chi connectivity index (χ4v) is 3.01. The molecule has 0 bridgehead atoms. The molecule has 0 spiro atoms. The first kappa shape index (κ1) is 16.1. The summed E-state index contributed by atoms with van der Waals surface area (Å²) in [6.07, 6.45) is 2.54. The van der Waals surface area contributed by atoms with E-state index >= 15 is 0 Å². The van der Waals surface area contributed by atoms with Gasteiger partial charge in [-0.2, -0.15) is 0 Å². The molecule has 2 atom stereocenters. The zero-order valence-corrected chi connectivity index (χ0v) is 13.2. The van der Waals surface area contributed by atoms with Crippen molar-refractivity contribution >= 4 is 0 Å². The molecule has 5 nitrogen and oxygen atoms in total. The first-order valence-corrected chi connectivity index (χ1v) is 7.42. The zero-order chi connectivity index (χ0) is 15.2. The molecule has 0 aromatic heterocycles. The fraction of sp³-hybridized carbons (Fsp3) is 0.625. The van der Waals surface area contributed by atoms with Crippen molar-refractivity contribution in [3.63, 3.8) is 0 Å². The fourth-order valence-electron chi connectivity index (χ4n) is 3.01. The summed E-state index contributed by atoms with van der Waals surface area (Å²) in [5.41, 5.74) is 7.16. The number of ether oxygens (including phenoxy) is 3. The summed E-state index contributed by atoms with van der Waals surface area (Å²) in [6, 6.07) is 6.06. The molecule has 0 radical (unpaired) electrons. The van der Waals surface area contributed by atoms with Crippen LogP contribution in [0.5, 0.6) is 11.5 Å². The molecule has 1 aromatic carbocycles. The molecule has 0 saturated carbocycles. The highest BCUT2D eigenvalue weighted by atomic mass is 16.5. The highest BCUT2D eigenvalue weighted by Crippen LogP contribution is 2.33. The summed E-state index contributed by atoms with van der Waals surface area (Å²) < 4.78 is 16.3. The molecule has 2 unspecified atom stereocenters. The Hall–Kier alpha value is -1.30. The number of benzene rings is 1. The Morgan fingerprint density at radius 2 is 2.10 bits per heavy atom. The van der Waals surface area contributed by atoms with Crippen molar-refractivity contribution in [2.75, 3.05) is 41.0 Å². The van der Waals surface area contributed by atoms with Crippen molar-refractivity contribution in [1.29, 1.82) is 0 Å². The largest absolute Gasteiger partial charge is 0.497 e. The van der Waals surface area contributed by atoms with E-state index in [1.54, 1.807) is 21.3 Å². The molecule has 5 heteroatoms. The number of nitrogens with two attached hydrogens (primary N) is 1. The molecule has 118 valence electrons. The van der Waals surface area contributed by atoms with E-state index in [4.69, 9.17) is 19.9 Å². The van der Waals surface area contributed by atoms with Crippen LogP contribution in [0.15, 0.2) is 18.2 Å². The minimum atomic E-state index is 0.142. The number of piperidine rings is 1. The van der Waals surface area contributed by atoms with Gasteiger partial charge in [-0.25, -0.2) is 0 Å². The van der Waals surface area contributed by atoms with Gasteiger partial charge in [0.1, 0.15) is 11.5 Å². The monoisotopic (exact) mass is 294 g/mol. The predicted octanol–water partition coefficient (Wildman–Crippen LogP) is 1.81. The number of nitrogens with zero attached hydrogens (tertiary/aromatic N) is 1. The molecule has 0 aliphatic carbocycles. The van der Waals surface area contributed by atoms with Crippen molar-refractivity contribution in [3.8, 4) is 11.5 Å². The molecule has 2 N–H and O–H groups in total. The van der Waals surface area contributed by atoms with Crippen molar-refractivity contribution in [2.45, 2.75) is 25.0 Å². The summed E-state index contributed by atoms with van der Waals surface area (Å²) in [6.45, 7) is 2.50. The van der Waals surface area contributed by atoms with Crippen LogP contribution < -0.4 is 15.2 Å². The Morgan fingerprint density at radius 1 is 1.29 bits per heavy atom. The van der Waals surface area contributed by atoms with Crippen LogP contribution in [0.1, 0.15) is 24.4 Å². The first-order valence-electron chi connectivity index (χ1n) is 7.42. The van der Waals surface area contributed by atoms with Crippen LogP contribution in [-0.2, 0) is 4.74 Å². The molecule has 1 saturated heterocycles. The van der Waals surface area contributed by atoms with Crippen LogP contribution in [-0.4, -0.2) is 52.0 Å². The Bertz CT molecular complexity index is 453. The average Bonchev–Trinajstić information content (AvgIpc) is 2.56. The third kappa shape index (κ3) is 3.67. The number of hydrogen-bond donors (Lipinski definition) is 1. The lowest BCUT2D eigenvalue weighted by molar-refractivity contribution is 0.0151. The van der Waals surface area contributed by atoms with Gasteiger partial charge in [0.15, 0.2) is 0 Å². The topological polar surface area (TPSA) is 57.0 Å². The Labute approximate surface area is 127 Å². The number of hydrogen-bond acceptors (Lipinski definition) is 5. The van der Waals surface area contributed by atoms with Gasteiger partial charge in [0.2, 0.25) is 0 Å². The number of rotatable bonds is 6. The van der Waals surface area contributed by atoms with Crippen LogP contribution in [0.2, 0.25) is 0 Å². The molecule has 1 fully saturated rings. The van der Waals surface area contributed by atoms with Gasteiger partial charge in [0.25, 0.3) is 0 Å². The average molecular weight is 294 g/mol. The van der Waals surface area contributed by atoms with Crippen molar-refractivity contribution < 1.29 is 14.2 Å². The van der Waals surface area contributed by atoms with Crippen LogP contribution >= 0.6 is 0 Å². The van der Waals surface area contributed by atoms with Gasteiger partial charge in [-0.1, -0.05) is 6.07 Å². The van der Waals surface area contributed by atoms with Gasteiger partial charge in [0, 0.05) is 31.8 Å².